The lowest BCUT2D eigenvalue weighted by molar-refractivity contribution is -0.138. The monoisotopic (exact) mass is 425 g/mol. The third kappa shape index (κ3) is 5.39. The molecule has 1 aliphatic carbocycles. The Morgan fingerprint density at radius 2 is 1.90 bits per heavy atom. The van der Waals surface area contributed by atoms with E-state index in [0.717, 1.165) is 76.8 Å². The van der Waals surface area contributed by atoms with Crippen molar-refractivity contribution in [1.29, 1.82) is 0 Å². The highest BCUT2D eigenvalue weighted by Gasteiger charge is 2.43. The van der Waals surface area contributed by atoms with E-state index in [1.165, 1.54) is 12.2 Å². The SMILES string of the molecule is CCNC(=NCC1(N2CCOCC2)CCSC1)NCC1(C(=O)N(C)C)CCCC1. The molecule has 2 aliphatic heterocycles. The van der Waals surface area contributed by atoms with Gasteiger partial charge in [0, 0.05) is 46.0 Å². The number of aliphatic imine (C=N–C) groups is 1. The molecule has 29 heavy (non-hydrogen) atoms. The van der Waals surface area contributed by atoms with E-state index in [-0.39, 0.29) is 16.9 Å². The Hall–Kier alpha value is -0.990. The Bertz CT molecular complexity index is 565. The molecule has 7 nitrogen and oxygen atoms in total. The van der Waals surface area contributed by atoms with Crippen LogP contribution in [0.1, 0.15) is 39.0 Å². The third-order valence-corrected chi connectivity index (χ3v) is 7.89. The fourth-order valence-electron chi connectivity index (χ4n) is 4.92. The summed E-state index contributed by atoms with van der Waals surface area (Å²) in [5, 5.41) is 6.92. The highest BCUT2D eigenvalue weighted by atomic mass is 32.2. The summed E-state index contributed by atoms with van der Waals surface area (Å²) in [7, 11) is 3.73. The van der Waals surface area contributed by atoms with Crippen molar-refractivity contribution in [2.45, 2.75) is 44.6 Å². The fourth-order valence-corrected chi connectivity index (χ4v) is 6.39. The predicted molar refractivity (Wildman–Crippen MR) is 121 cm³/mol. The number of morpholine rings is 1. The lowest BCUT2D eigenvalue weighted by Crippen LogP contribution is -2.56. The molecular weight excluding hydrogens is 386 g/mol. The summed E-state index contributed by atoms with van der Waals surface area (Å²) >= 11 is 2.04. The quantitative estimate of drug-likeness (QED) is 0.475. The Labute approximate surface area is 180 Å². The second kappa shape index (κ2) is 10.4. The summed E-state index contributed by atoms with van der Waals surface area (Å²) < 4.78 is 5.57. The Morgan fingerprint density at radius 3 is 2.48 bits per heavy atom. The molecule has 2 saturated heterocycles. The van der Waals surface area contributed by atoms with E-state index in [1.807, 2.05) is 25.9 Å². The van der Waals surface area contributed by atoms with Gasteiger partial charge in [0.2, 0.25) is 5.91 Å². The molecule has 0 aromatic rings. The van der Waals surface area contributed by atoms with Crippen LogP contribution >= 0.6 is 11.8 Å². The molecule has 1 unspecified atom stereocenters. The van der Waals surface area contributed by atoms with Crippen molar-refractivity contribution in [2.75, 3.05) is 71.5 Å². The van der Waals surface area contributed by atoms with Crippen LogP contribution in [0.3, 0.4) is 0 Å². The van der Waals surface area contributed by atoms with Crippen molar-refractivity contribution >= 4 is 23.6 Å². The van der Waals surface area contributed by atoms with Gasteiger partial charge in [0.1, 0.15) is 0 Å². The molecule has 0 spiro atoms. The zero-order chi connectivity index (χ0) is 20.7. The summed E-state index contributed by atoms with van der Waals surface area (Å²) in [6.45, 7) is 8.02. The zero-order valence-electron chi connectivity index (χ0n) is 18.5. The molecular formula is C21H39N5O2S. The third-order valence-electron chi connectivity index (χ3n) is 6.65. The number of carbonyl (C=O) groups excluding carboxylic acids is 1. The Kier molecular flexibility index (Phi) is 8.10. The standard InChI is InChI=1S/C21H39N5O2S/c1-4-22-19(23-15-20(7-5-6-8-20)18(27)25(2)3)24-16-21(9-14-29-17-21)26-10-12-28-13-11-26/h4-17H2,1-3H3,(H2,22,23,24). The van der Waals surface area contributed by atoms with Gasteiger partial charge in [-0.1, -0.05) is 12.8 Å². The van der Waals surface area contributed by atoms with Crippen molar-refractivity contribution in [3.05, 3.63) is 0 Å². The van der Waals surface area contributed by atoms with Crippen molar-refractivity contribution in [2.24, 2.45) is 10.4 Å². The highest BCUT2D eigenvalue weighted by Crippen LogP contribution is 2.39. The van der Waals surface area contributed by atoms with E-state index < -0.39 is 0 Å². The molecule has 0 bridgehead atoms. The van der Waals surface area contributed by atoms with Crippen molar-refractivity contribution in [3.63, 3.8) is 0 Å². The predicted octanol–water partition coefficient (Wildman–Crippen LogP) is 1.40. The first-order valence-corrected chi connectivity index (χ1v) is 12.3. The van der Waals surface area contributed by atoms with Gasteiger partial charge >= 0.3 is 0 Å². The van der Waals surface area contributed by atoms with Crippen LogP contribution in [0.5, 0.6) is 0 Å². The van der Waals surface area contributed by atoms with Crippen molar-refractivity contribution in [3.8, 4) is 0 Å². The number of carbonyl (C=O) groups is 1. The molecule has 0 radical (unpaired) electrons. The summed E-state index contributed by atoms with van der Waals surface area (Å²) in [5.74, 6) is 3.43. The summed E-state index contributed by atoms with van der Waals surface area (Å²) in [5.41, 5.74) is -0.147. The lowest BCUT2D eigenvalue weighted by atomic mass is 9.84. The Morgan fingerprint density at radius 1 is 1.17 bits per heavy atom. The minimum Gasteiger partial charge on any atom is -0.379 e. The van der Waals surface area contributed by atoms with Gasteiger partial charge < -0.3 is 20.3 Å². The first-order chi connectivity index (χ1) is 14.0. The second-order valence-corrected chi connectivity index (χ2v) is 9.97. The summed E-state index contributed by atoms with van der Waals surface area (Å²) in [6, 6.07) is 0. The van der Waals surface area contributed by atoms with Gasteiger partial charge in [-0.05, 0) is 31.9 Å². The average Bonchev–Trinajstić information content (AvgIpc) is 3.41. The molecule has 8 heteroatoms. The van der Waals surface area contributed by atoms with Crippen LogP contribution < -0.4 is 10.6 Å². The average molecular weight is 426 g/mol. The number of hydrogen-bond donors (Lipinski definition) is 2. The summed E-state index contributed by atoms with van der Waals surface area (Å²) in [6.07, 6.45) is 5.37. The number of hydrogen-bond acceptors (Lipinski definition) is 5. The second-order valence-electron chi connectivity index (χ2n) is 8.86. The van der Waals surface area contributed by atoms with Crippen LogP contribution in [0.2, 0.25) is 0 Å². The topological polar surface area (TPSA) is 69.2 Å². The van der Waals surface area contributed by atoms with Crippen LogP contribution in [-0.2, 0) is 9.53 Å². The molecule has 0 aromatic carbocycles. The molecule has 2 heterocycles. The zero-order valence-corrected chi connectivity index (χ0v) is 19.3. The van der Waals surface area contributed by atoms with Crippen molar-refractivity contribution in [1.82, 2.24) is 20.4 Å². The first-order valence-electron chi connectivity index (χ1n) is 11.2. The number of amides is 1. The van der Waals surface area contributed by atoms with E-state index >= 15 is 0 Å². The van der Waals surface area contributed by atoms with Gasteiger partial charge in [0.05, 0.1) is 30.7 Å². The largest absolute Gasteiger partial charge is 0.379 e. The maximum absolute atomic E-state index is 12.9. The van der Waals surface area contributed by atoms with Crippen LogP contribution in [-0.4, -0.2) is 98.7 Å². The van der Waals surface area contributed by atoms with E-state index in [0.29, 0.717) is 6.54 Å². The van der Waals surface area contributed by atoms with Crippen LogP contribution in [0.25, 0.3) is 0 Å². The highest BCUT2D eigenvalue weighted by molar-refractivity contribution is 7.99. The molecule has 166 valence electrons. The molecule has 1 atom stereocenters. The number of guanidine groups is 1. The lowest BCUT2D eigenvalue weighted by Gasteiger charge is -2.42. The van der Waals surface area contributed by atoms with Crippen LogP contribution in [0, 0.1) is 5.41 Å². The number of rotatable bonds is 7. The number of ether oxygens (including phenoxy) is 1. The first kappa shape index (κ1) is 22.7. The van der Waals surface area contributed by atoms with Gasteiger partial charge in [-0.15, -0.1) is 0 Å². The minimum absolute atomic E-state index is 0.140. The Balaban J connectivity index is 1.68. The summed E-state index contributed by atoms with van der Waals surface area (Å²) in [4.78, 5) is 22.2. The molecule has 3 aliphatic rings. The van der Waals surface area contributed by atoms with E-state index in [1.54, 1.807) is 4.90 Å². The number of nitrogens with one attached hydrogen (secondary N) is 2. The molecule has 3 fully saturated rings. The van der Waals surface area contributed by atoms with Crippen LogP contribution in [0.4, 0.5) is 0 Å². The maximum atomic E-state index is 12.9. The molecule has 1 amide bonds. The fraction of sp³-hybridized carbons (Fsp3) is 0.905. The maximum Gasteiger partial charge on any atom is 0.230 e. The van der Waals surface area contributed by atoms with Gasteiger partial charge in [-0.3, -0.25) is 14.7 Å². The molecule has 0 aromatic heterocycles. The van der Waals surface area contributed by atoms with Crippen molar-refractivity contribution < 1.29 is 9.53 Å². The normalized spacial score (nSPS) is 27.8. The molecule has 3 rings (SSSR count). The van der Waals surface area contributed by atoms with Gasteiger partial charge in [0.25, 0.3) is 0 Å². The number of nitrogens with zero attached hydrogens (tertiary/aromatic N) is 3. The van der Waals surface area contributed by atoms with E-state index in [9.17, 15) is 4.79 Å². The smallest absolute Gasteiger partial charge is 0.230 e. The minimum atomic E-state index is -0.287. The van der Waals surface area contributed by atoms with Gasteiger partial charge in [-0.25, -0.2) is 0 Å². The molecule has 1 saturated carbocycles. The van der Waals surface area contributed by atoms with Gasteiger partial charge in [-0.2, -0.15) is 11.8 Å². The van der Waals surface area contributed by atoms with Gasteiger partial charge in [0.15, 0.2) is 5.96 Å². The number of thioether (sulfide) groups is 1. The molecule has 2 N–H and O–H groups in total. The van der Waals surface area contributed by atoms with Crippen LogP contribution in [0.15, 0.2) is 4.99 Å². The van der Waals surface area contributed by atoms with E-state index in [2.05, 4.69) is 22.5 Å². The van der Waals surface area contributed by atoms with E-state index in [4.69, 9.17) is 9.73 Å².